The van der Waals surface area contributed by atoms with Gasteiger partial charge in [-0.15, -0.1) is 12.4 Å². The molecule has 1 unspecified atom stereocenters. The molecule has 19 heavy (non-hydrogen) atoms. The van der Waals surface area contributed by atoms with Crippen LogP contribution in [-0.2, 0) is 11.2 Å². The molecular formula is C14H21ClN2O2. The number of carbonyl (C=O) groups excluding carboxylic acids is 1. The molecule has 0 bridgehead atoms. The number of nitrogens with one attached hydrogen (secondary N) is 2. The van der Waals surface area contributed by atoms with Gasteiger partial charge < -0.3 is 15.4 Å². The fourth-order valence-corrected chi connectivity index (χ4v) is 2.13. The van der Waals surface area contributed by atoms with Gasteiger partial charge in [-0.2, -0.15) is 0 Å². The molecule has 1 aliphatic rings. The lowest BCUT2D eigenvalue weighted by molar-refractivity contribution is -0.123. The van der Waals surface area contributed by atoms with E-state index in [9.17, 15) is 4.79 Å². The van der Waals surface area contributed by atoms with Gasteiger partial charge >= 0.3 is 0 Å². The summed E-state index contributed by atoms with van der Waals surface area (Å²) in [5.41, 5.74) is 1.13. The Balaban J connectivity index is 0.00000180. The number of hydrogen-bond donors (Lipinski definition) is 2. The molecule has 2 rings (SSSR count). The Hall–Kier alpha value is -1.26. The molecule has 1 fully saturated rings. The number of hydrogen-bond acceptors (Lipinski definition) is 3. The average molecular weight is 285 g/mol. The van der Waals surface area contributed by atoms with Crippen LogP contribution in [0.25, 0.3) is 0 Å². The average Bonchev–Trinajstić information content (AvgIpc) is 2.89. The Morgan fingerprint density at radius 1 is 1.47 bits per heavy atom. The first-order valence-corrected chi connectivity index (χ1v) is 6.50. The summed E-state index contributed by atoms with van der Waals surface area (Å²) in [6, 6.07) is 8.09. The van der Waals surface area contributed by atoms with Gasteiger partial charge in [0.05, 0.1) is 0 Å². The fraction of sp³-hybridized carbons (Fsp3) is 0.500. The Bertz CT molecular complexity index is 406. The minimum absolute atomic E-state index is 0. The molecule has 1 heterocycles. The van der Waals surface area contributed by atoms with E-state index in [1.54, 1.807) is 0 Å². The Morgan fingerprint density at radius 3 is 2.95 bits per heavy atom. The van der Waals surface area contributed by atoms with Crippen molar-refractivity contribution in [1.29, 1.82) is 0 Å². The van der Waals surface area contributed by atoms with Crippen LogP contribution in [-0.4, -0.2) is 31.6 Å². The van der Waals surface area contributed by atoms with Gasteiger partial charge in [0.15, 0.2) is 6.61 Å². The number of amides is 1. The number of rotatable bonds is 5. The molecule has 5 heteroatoms. The van der Waals surface area contributed by atoms with Crippen LogP contribution < -0.4 is 15.4 Å². The number of halogens is 1. The van der Waals surface area contributed by atoms with Gasteiger partial charge in [0.2, 0.25) is 0 Å². The highest BCUT2D eigenvalue weighted by Gasteiger charge is 2.16. The first-order chi connectivity index (χ1) is 8.79. The molecule has 2 N–H and O–H groups in total. The van der Waals surface area contributed by atoms with Crippen molar-refractivity contribution in [3.63, 3.8) is 0 Å². The molecule has 1 saturated heterocycles. The van der Waals surface area contributed by atoms with E-state index in [4.69, 9.17) is 4.74 Å². The zero-order chi connectivity index (χ0) is 12.8. The summed E-state index contributed by atoms with van der Waals surface area (Å²) in [5.74, 6) is 0.759. The van der Waals surface area contributed by atoms with Crippen LogP contribution in [0.15, 0.2) is 24.3 Å². The highest BCUT2D eigenvalue weighted by molar-refractivity contribution is 5.85. The second-order valence-corrected chi connectivity index (χ2v) is 4.51. The maximum Gasteiger partial charge on any atom is 0.258 e. The van der Waals surface area contributed by atoms with Crippen LogP contribution in [0.4, 0.5) is 0 Å². The Kier molecular flexibility index (Phi) is 6.67. The van der Waals surface area contributed by atoms with E-state index in [2.05, 4.69) is 17.6 Å². The molecule has 0 radical (unpaired) electrons. The lowest BCUT2D eigenvalue weighted by atomic mass is 10.1. The van der Waals surface area contributed by atoms with Crippen LogP contribution in [0.5, 0.6) is 5.75 Å². The molecule has 1 aromatic carbocycles. The first-order valence-electron chi connectivity index (χ1n) is 6.50. The van der Waals surface area contributed by atoms with Crippen molar-refractivity contribution in [2.75, 3.05) is 19.7 Å². The number of ether oxygens (including phenoxy) is 1. The van der Waals surface area contributed by atoms with Crippen molar-refractivity contribution in [2.24, 2.45) is 0 Å². The van der Waals surface area contributed by atoms with Crippen molar-refractivity contribution in [1.82, 2.24) is 10.6 Å². The minimum Gasteiger partial charge on any atom is -0.483 e. The van der Waals surface area contributed by atoms with Crippen molar-refractivity contribution < 1.29 is 9.53 Å². The third-order valence-electron chi connectivity index (χ3n) is 3.14. The summed E-state index contributed by atoms with van der Waals surface area (Å²) in [4.78, 5) is 11.7. The van der Waals surface area contributed by atoms with Gasteiger partial charge in [-0.25, -0.2) is 0 Å². The van der Waals surface area contributed by atoms with Crippen LogP contribution in [0.2, 0.25) is 0 Å². The molecule has 0 aliphatic carbocycles. The van der Waals surface area contributed by atoms with E-state index >= 15 is 0 Å². The van der Waals surface area contributed by atoms with E-state index in [-0.39, 0.29) is 31.0 Å². The van der Waals surface area contributed by atoms with Gasteiger partial charge in [-0.1, -0.05) is 25.1 Å². The summed E-state index contributed by atoms with van der Waals surface area (Å²) in [6.07, 6.45) is 1.90. The number of aryl methyl sites for hydroxylation is 1. The van der Waals surface area contributed by atoms with Crippen molar-refractivity contribution in [2.45, 2.75) is 25.8 Å². The maximum atomic E-state index is 11.7. The van der Waals surface area contributed by atoms with Gasteiger partial charge in [-0.3, -0.25) is 4.79 Å². The zero-order valence-electron chi connectivity index (χ0n) is 11.1. The van der Waals surface area contributed by atoms with E-state index in [0.29, 0.717) is 0 Å². The van der Waals surface area contributed by atoms with Crippen molar-refractivity contribution >= 4 is 18.3 Å². The van der Waals surface area contributed by atoms with E-state index in [0.717, 1.165) is 37.2 Å². The summed E-state index contributed by atoms with van der Waals surface area (Å²) in [7, 11) is 0. The highest BCUT2D eigenvalue weighted by atomic mass is 35.5. The Morgan fingerprint density at radius 2 is 2.26 bits per heavy atom. The number of para-hydroxylation sites is 1. The predicted molar refractivity (Wildman–Crippen MR) is 78.0 cm³/mol. The lowest BCUT2D eigenvalue weighted by Crippen LogP contribution is -2.39. The molecular weight excluding hydrogens is 264 g/mol. The summed E-state index contributed by atoms with van der Waals surface area (Å²) in [5, 5.41) is 6.17. The quantitative estimate of drug-likeness (QED) is 0.862. The largest absolute Gasteiger partial charge is 0.483 e. The van der Waals surface area contributed by atoms with Gasteiger partial charge in [0.25, 0.3) is 5.91 Å². The summed E-state index contributed by atoms with van der Waals surface area (Å²) < 4.78 is 5.57. The molecule has 0 aromatic heterocycles. The molecule has 1 aliphatic heterocycles. The second kappa shape index (κ2) is 8.02. The third kappa shape index (κ3) is 4.73. The van der Waals surface area contributed by atoms with Crippen LogP contribution in [0, 0.1) is 0 Å². The molecule has 0 spiro atoms. The Labute approximate surface area is 120 Å². The van der Waals surface area contributed by atoms with Gasteiger partial charge in [0, 0.05) is 12.6 Å². The summed E-state index contributed by atoms with van der Waals surface area (Å²) in [6.45, 7) is 4.00. The maximum absolute atomic E-state index is 11.7. The smallest absolute Gasteiger partial charge is 0.258 e. The van der Waals surface area contributed by atoms with E-state index in [1.807, 2.05) is 24.3 Å². The SMILES string of the molecule is CCc1ccccc1OCC(=O)NC1CCNC1.Cl. The molecule has 1 amide bonds. The van der Waals surface area contributed by atoms with Crippen molar-refractivity contribution in [3.8, 4) is 5.75 Å². The molecule has 106 valence electrons. The predicted octanol–water partition coefficient (Wildman–Crippen LogP) is 1.53. The molecule has 0 saturated carbocycles. The number of carbonyl (C=O) groups is 1. The highest BCUT2D eigenvalue weighted by Crippen LogP contribution is 2.17. The van der Waals surface area contributed by atoms with Crippen LogP contribution in [0.1, 0.15) is 18.9 Å². The number of benzene rings is 1. The molecule has 4 nitrogen and oxygen atoms in total. The third-order valence-corrected chi connectivity index (χ3v) is 3.14. The van der Waals surface area contributed by atoms with Gasteiger partial charge in [0.1, 0.15) is 5.75 Å². The minimum atomic E-state index is -0.0467. The molecule has 1 atom stereocenters. The van der Waals surface area contributed by atoms with E-state index < -0.39 is 0 Å². The second-order valence-electron chi connectivity index (χ2n) is 4.51. The normalized spacial score (nSPS) is 17.6. The fourth-order valence-electron chi connectivity index (χ4n) is 2.13. The monoisotopic (exact) mass is 284 g/mol. The van der Waals surface area contributed by atoms with Crippen LogP contribution in [0.3, 0.4) is 0 Å². The summed E-state index contributed by atoms with van der Waals surface area (Å²) >= 11 is 0. The van der Waals surface area contributed by atoms with Gasteiger partial charge in [-0.05, 0) is 31.0 Å². The molecule has 1 aromatic rings. The topological polar surface area (TPSA) is 50.4 Å². The van der Waals surface area contributed by atoms with Crippen molar-refractivity contribution in [3.05, 3.63) is 29.8 Å². The standard InChI is InChI=1S/C14H20N2O2.ClH/c1-2-11-5-3-4-6-13(11)18-10-14(17)16-12-7-8-15-9-12;/h3-6,12,15H,2,7-10H2,1H3,(H,16,17);1H. The van der Waals surface area contributed by atoms with E-state index in [1.165, 1.54) is 0 Å². The first kappa shape index (κ1) is 15.8. The van der Waals surface area contributed by atoms with Crippen LogP contribution >= 0.6 is 12.4 Å². The zero-order valence-corrected chi connectivity index (χ0v) is 12.0. The lowest BCUT2D eigenvalue weighted by Gasteiger charge is -2.13.